The zero-order valence-electron chi connectivity index (χ0n) is 21.2. The normalized spacial score (nSPS) is 14.2. The van der Waals surface area contributed by atoms with Gasteiger partial charge in [0.2, 0.25) is 5.95 Å². The summed E-state index contributed by atoms with van der Waals surface area (Å²) in [4.78, 5) is 22.1. The maximum atomic E-state index is 12.4. The minimum absolute atomic E-state index is 0.0133. The molecule has 5 rings (SSSR count). The third-order valence-corrected chi connectivity index (χ3v) is 7.58. The molecule has 1 aliphatic rings. The van der Waals surface area contributed by atoms with E-state index in [0.717, 1.165) is 47.6 Å². The smallest absolute Gasteiger partial charge is 0.259 e. The fourth-order valence-electron chi connectivity index (χ4n) is 4.75. The third-order valence-electron chi connectivity index (χ3n) is 6.46. The van der Waals surface area contributed by atoms with Crippen LogP contribution in [0.15, 0.2) is 48.7 Å². The molecule has 4 N–H and O–H groups in total. The highest BCUT2D eigenvalue weighted by molar-refractivity contribution is 7.21. The van der Waals surface area contributed by atoms with Gasteiger partial charge in [-0.3, -0.25) is 4.79 Å². The number of carbonyl (C=O) groups excluding carboxylic acids is 1. The summed E-state index contributed by atoms with van der Waals surface area (Å²) in [5, 5.41) is 6.77. The Labute approximate surface area is 220 Å². The Morgan fingerprint density at radius 2 is 1.95 bits per heavy atom. The molecule has 0 bridgehead atoms. The molecule has 1 aliphatic heterocycles. The number of methoxy groups -OCH3 is 1. The quantitative estimate of drug-likeness (QED) is 0.284. The summed E-state index contributed by atoms with van der Waals surface area (Å²) in [6.07, 6.45) is 3.95. The van der Waals surface area contributed by atoms with E-state index in [4.69, 9.17) is 20.2 Å². The molecule has 1 saturated heterocycles. The summed E-state index contributed by atoms with van der Waals surface area (Å²) in [7, 11) is 1.60. The van der Waals surface area contributed by atoms with E-state index in [1.54, 1.807) is 13.3 Å². The number of hydrogen-bond acceptors (Lipinski definition) is 8. The van der Waals surface area contributed by atoms with Gasteiger partial charge in [-0.1, -0.05) is 24.3 Å². The van der Waals surface area contributed by atoms with Crippen molar-refractivity contribution in [2.75, 3.05) is 25.5 Å². The van der Waals surface area contributed by atoms with Crippen LogP contribution in [-0.2, 0) is 0 Å². The van der Waals surface area contributed by atoms with Crippen molar-refractivity contribution in [2.24, 2.45) is 5.73 Å². The zero-order chi connectivity index (χ0) is 25.9. The Bertz CT molecular complexity index is 1430. The van der Waals surface area contributed by atoms with Crippen molar-refractivity contribution < 1.29 is 14.3 Å². The third kappa shape index (κ3) is 5.23. The lowest BCUT2D eigenvalue weighted by Crippen LogP contribution is -2.26. The number of hydrogen-bond donors (Lipinski definition) is 3. The van der Waals surface area contributed by atoms with Crippen LogP contribution in [0.3, 0.4) is 0 Å². The molecule has 2 aromatic carbocycles. The van der Waals surface area contributed by atoms with Crippen molar-refractivity contribution in [3.63, 3.8) is 0 Å². The largest absolute Gasteiger partial charge is 0.496 e. The Balaban J connectivity index is 1.55. The molecular weight excluding hydrogens is 486 g/mol. The number of rotatable bonds is 8. The Kier molecular flexibility index (Phi) is 7.25. The molecule has 3 heterocycles. The molecule has 4 aromatic rings. The van der Waals surface area contributed by atoms with E-state index in [-0.39, 0.29) is 6.10 Å². The molecule has 8 nitrogen and oxygen atoms in total. The number of fused-ring (bicyclic) bond motifs is 1. The summed E-state index contributed by atoms with van der Waals surface area (Å²) < 4.78 is 12.5. The van der Waals surface area contributed by atoms with Crippen LogP contribution in [0.2, 0.25) is 0 Å². The van der Waals surface area contributed by atoms with E-state index in [0.29, 0.717) is 33.6 Å². The van der Waals surface area contributed by atoms with Gasteiger partial charge in [0.25, 0.3) is 5.91 Å². The molecule has 0 spiro atoms. The van der Waals surface area contributed by atoms with Gasteiger partial charge in [-0.2, -0.15) is 0 Å². The second-order valence-corrected chi connectivity index (χ2v) is 10.4. The average molecular weight is 518 g/mol. The molecular formula is C28H31N5O3S. The lowest BCUT2D eigenvalue weighted by atomic mass is 9.90. The number of nitrogens with one attached hydrogen (secondary N) is 2. The zero-order valence-corrected chi connectivity index (χ0v) is 22.0. The van der Waals surface area contributed by atoms with E-state index in [9.17, 15) is 4.79 Å². The van der Waals surface area contributed by atoms with Gasteiger partial charge in [0.1, 0.15) is 16.4 Å². The molecule has 192 valence electrons. The van der Waals surface area contributed by atoms with Crippen LogP contribution in [0, 0.1) is 0 Å². The van der Waals surface area contributed by atoms with Crippen LogP contribution in [0.4, 0.5) is 11.6 Å². The van der Waals surface area contributed by atoms with Crippen molar-refractivity contribution in [1.29, 1.82) is 0 Å². The fourth-order valence-corrected chi connectivity index (χ4v) is 5.73. The minimum atomic E-state index is -0.514. The summed E-state index contributed by atoms with van der Waals surface area (Å²) in [5.74, 6) is 1.81. The number of benzene rings is 2. The van der Waals surface area contributed by atoms with E-state index < -0.39 is 5.91 Å². The standard InChI is InChI=1S/C28H31N5O3S/c1-16(2)36-22-14-18(17-10-12-30-13-11-17)8-9-20(22)32-28-31-15-23-25(33-28)24(26(37-23)27(29)34)19-6-4-5-7-21(19)35-3/h4-9,14-17,30H,10-13H2,1-3H3,(H2,29,34)(H,31,32,33). The summed E-state index contributed by atoms with van der Waals surface area (Å²) in [6, 6.07) is 13.8. The number of ether oxygens (including phenoxy) is 2. The molecule has 9 heteroatoms. The van der Waals surface area contributed by atoms with Crippen LogP contribution < -0.4 is 25.8 Å². The van der Waals surface area contributed by atoms with Gasteiger partial charge < -0.3 is 25.8 Å². The Morgan fingerprint density at radius 1 is 1.16 bits per heavy atom. The van der Waals surface area contributed by atoms with Gasteiger partial charge in [-0.15, -0.1) is 11.3 Å². The number of aromatic nitrogens is 2. The minimum Gasteiger partial charge on any atom is -0.496 e. The fraction of sp³-hybridized carbons (Fsp3) is 0.321. The SMILES string of the molecule is COc1ccccc1-c1c(C(N)=O)sc2cnc(Nc3ccc(C4CCNCC4)cc3OC(C)C)nc12. The van der Waals surface area contributed by atoms with Crippen molar-refractivity contribution in [2.45, 2.75) is 38.7 Å². The van der Waals surface area contributed by atoms with Gasteiger partial charge in [0.15, 0.2) is 0 Å². The molecule has 0 unspecified atom stereocenters. The van der Waals surface area contributed by atoms with Crippen molar-refractivity contribution in [3.05, 3.63) is 59.1 Å². The van der Waals surface area contributed by atoms with Crippen LogP contribution in [0.1, 0.15) is 47.8 Å². The van der Waals surface area contributed by atoms with Crippen LogP contribution in [0.25, 0.3) is 21.3 Å². The van der Waals surface area contributed by atoms with Gasteiger partial charge in [0, 0.05) is 11.1 Å². The second-order valence-electron chi connectivity index (χ2n) is 9.35. The number of nitrogens with two attached hydrogens (primary N) is 1. The second kappa shape index (κ2) is 10.7. The lowest BCUT2D eigenvalue weighted by molar-refractivity contribution is 0.100. The summed E-state index contributed by atoms with van der Waals surface area (Å²) >= 11 is 1.28. The Hall–Kier alpha value is -3.69. The average Bonchev–Trinajstić information content (AvgIpc) is 3.29. The number of nitrogens with zero attached hydrogens (tertiary/aromatic N) is 2. The molecule has 0 atom stereocenters. The molecule has 37 heavy (non-hydrogen) atoms. The van der Waals surface area contributed by atoms with Gasteiger partial charge in [-0.25, -0.2) is 9.97 Å². The molecule has 0 radical (unpaired) electrons. The van der Waals surface area contributed by atoms with E-state index >= 15 is 0 Å². The van der Waals surface area contributed by atoms with E-state index in [1.807, 2.05) is 44.2 Å². The van der Waals surface area contributed by atoms with Crippen LogP contribution in [-0.4, -0.2) is 42.2 Å². The first-order valence-corrected chi connectivity index (χ1v) is 13.3. The van der Waals surface area contributed by atoms with Crippen LogP contribution >= 0.6 is 11.3 Å². The lowest BCUT2D eigenvalue weighted by Gasteiger charge is -2.24. The molecule has 2 aromatic heterocycles. The number of primary amides is 1. The summed E-state index contributed by atoms with van der Waals surface area (Å²) in [5.41, 5.74) is 9.86. The number of carbonyl (C=O) groups is 1. The van der Waals surface area contributed by atoms with Gasteiger partial charge in [0.05, 0.1) is 35.3 Å². The highest BCUT2D eigenvalue weighted by Gasteiger charge is 2.23. The first-order chi connectivity index (χ1) is 17.9. The first-order valence-electron chi connectivity index (χ1n) is 12.5. The molecule has 1 fully saturated rings. The van der Waals surface area contributed by atoms with Crippen molar-refractivity contribution in [3.8, 4) is 22.6 Å². The number of piperidine rings is 1. The monoisotopic (exact) mass is 517 g/mol. The van der Waals surface area contributed by atoms with E-state index in [2.05, 4.69) is 27.8 Å². The predicted octanol–water partition coefficient (Wildman–Crippen LogP) is 5.46. The highest BCUT2D eigenvalue weighted by atomic mass is 32.1. The van der Waals surface area contributed by atoms with Crippen LogP contribution in [0.5, 0.6) is 11.5 Å². The molecule has 0 saturated carbocycles. The highest BCUT2D eigenvalue weighted by Crippen LogP contribution is 2.42. The predicted molar refractivity (Wildman–Crippen MR) is 148 cm³/mol. The van der Waals surface area contributed by atoms with Gasteiger partial charge in [-0.05, 0) is 69.5 Å². The number of para-hydroxylation sites is 1. The van der Waals surface area contributed by atoms with Crippen molar-refractivity contribution in [1.82, 2.24) is 15.3 Å². The maximum Gasteiger partial charge on any atom is 0.259 e. The first kappa shape index (κ1) is 25.0. The van der Waals surface area contributed by atoms with Gasteiger partial charge >= 0.3 is 0 Å². The van der Waals surface area contributed by atoms with Crippen molar-refractivity contribution >= 4 is 39.1 Å². The summed E-state index contributed by atoms with van der Waals surface area (Å²) in [6.45, 7) is 6.09. The number of anilines is 2. The Morgan fingerprint density at radius 3 is 2.68 bits per heavy atom. The number of amides is 1. The van der Waals surface area contributed by atoms with E-state index in [1.165, 1.54) is 16.9 Å². The maximum absolute atomic E-state index is 12.4. The number of thiophene rings is 1. The topological polar surface area (TPSA) is 111 Å². The molecule has 0 aliphatic carbocycles. The molecule has 1 amide bonds.